The number of nitrogens with one attached hydrogen (secondary N) is 2. The van der Waals surface area contributed by atoms with E-state index in [2.05, 4.69) is 36.8 Å². The van der Waals surface area contributed by atoms with Gasteiger partial charge in [0, 0.05) is 10.2 Å². The average molecular weight is 455 g/mol. The van der Waals surface area contributed by atoms with Crippen molar-refractivity contribution in [1.29, 1.82) is 0 Å². The third-order valence-electron chi connectivity index (χ3n) is 4.06. The second-order valence-corrected chi connectivity index (χ2v) is 7.34. The lowest BCUT2D eigenvalue weighted by atomic mass is 10.2. The molecule has 4 rings (SSSR count). The van der Waals surface area contributed by atoms with Gasteiger partial charge < -0.3 is 5.32 Å². The number of benzene rings is 2. The summed E-state index contributed by atoms with van der Waals surface area (Å²) in [7, 11) is 0. The van der Waals surface area contributed by atoms with Gasteiger partial charge in [0.05, 0.1) is 12.7 Å². The lowest BCUT2D eigenvalue weighted by molar-refractivity contribution is 0.702. The number of thiocarbonyl (C=S) groups is 1. The number of fused-ring (bicyclic) bond motifs is 1. The summed E-state index contributed by atoms with van der Waals surface area (Å²) in [6, 6.07) is 17.4. The molecule has 0 saturated heterocycles. The summed E-state index contributed by atoms with van der Waals surface area (Å²) in [6.45, 7) is 0.539. The SMILES string of the molecule is O=c1c2cnn(Cc3ccccc3)c2ncn1NC(=S)Nc1ccc(Br)cc1. The summed E-state index contributed by atoms with van der Waals surface area (Å²) < 4.78 is 3.91. The summed E-state index contributed by atoms with van der Waals surface area (Å²) in [6.07, 6.45) is 2.93. The first-order chi connectivity index (χ1) is 13.6. The fourth-order valence-electron chi connectivity index (χ4n) is 2.71. The molecule has 0 radical (unpaired) electrons. The Balaban J connectivity index is 1.54. The van der Waals surface area contributed by atoms with E-state index in [1.165, 1.54) is 17.2 Å². The lowest BCUT2D eigenvalue weighted by Crippen LogP contribution is -2.35. The molecular weight excluding hydrogens is 440 g/mol. The topological polar surface area (TPSA) is 76.8 Å². The van der Waals surface area contributed by atoms with Crippen molar-refractivity contribution in [3.8, 4) is 0 Å². The minimum absolute atomic E-state index is 0.274. The van der Waals surface area contributed by atoms with Crippen molar-refractivity contribution in [2.24, 2.45) is 0 Å². The van der Waals surface area contributed by atoms with Gasteiger partial charge in [-0.25, -0.2) is 14.3 Å². The fourth-order valence-corrected chi connectivity index (χ4v) is 3.19. The highest BCUT2D eigenvalue weighted by Crippen LogP contribution is 2.14. The Morgan fingerprint density at radius 3 is 2.61 bits per heavy atom. The zero-order chi connectivity index (χ0) is 19.5. The maximum Gasteiger partial charge on any atom is 0.283 e. The number of hydrogen-bond donors (Lipinski definition) is 2. The first-order valence-electron chi connectivity index (χ1n) is 8.41. The molecule has 2 aromatic heterocycles. The highest BCUT2D eigenvalue weighted by Gasteiger charge is 2.11. The van der Waals surface area contributed by atoms with Crippen LogP contribution in [-0.2, 0) is 6.54 Å². The van der Waals surface area contributed by atoms with Crippen molar-refractivity contribution in [2.75, 3.05) is 10.7 Å². The summed E-state index contributed by atoms with van der Waals surface area (Å²) in [5, 5.41) is 8.02. The van der Waals surface area contributed by atoms with Gasteiger partial charge in [-0.05, 0) is 42.0 Å². The monoisotopic (exact) mass is 454 g/mol. The molecule has 0 unspecified atom stereocenters. The van der Waals surface area contributed by atoms with Crippen LogP contribution in [-0.4, -0.2) is 24.6 Å². The molecule has 0 aliphatic rings. The number of hydrogen-bond acceptors (Lipinski definition) is 4. The molecule has 2 heterocycles. The van der Waals surface area contributed by atoms with E-state index in [9.17, 15) is 4.79 Å². The van der Waals surface area contributed by atoms with Gasteiger partial charge in [0.2, 0.25) is 0 Å². The third-order valence-corrected chi connectivity index (χ3v) is 4.78. The second-order valence-electron chi connectivity index (χ2n) is 6.02. The molecule has 0 bridgehead atoms. The van der Waals surface area contributed by atoms with Gasteiger partial charge in [-0.1, -0.05) is 46.3 Å². The summed E-state index contributed by atoms with van der Waals surface area (Å²) in [5.74, 6) is 0. The van der Waals surface area contributed by atoms with Crippen molar-refractivity contribution in [1.82, 2.24) is 19.4 Å². The average Bonchev–Trinajstić information content (AvgIpc) is 3.10. The molecule has 140 valence electrons. The van der Waals surface area contributed by atoms with E-state index in [0.717, 1.165) is 15.7 Å². The zero-order valence-corrected chi connectivity index (χ0v) is 16.9. The van der Waals surface area contributed by atoms with Crippen LogP contribution in [0.25, 0.3) is 11.0 Å². The number of halogens is 1. The third kappa shape index (κ3) is 3.95. The first kappa shape index (κ1) is 18.3. The van der Waals surface area contributed by atoms with Gasteiger partial charge in [0.15, 0.2) is 10.8 Å². The molecule has 4 aromatic rings. The predicted octanol–water partition coefficient (Wildman–Crippen LogP) is 3.34. The van der Waals surface area contributed by atoms with Crippen LogP contribution in [0, 0.1) is 0 Å². The number of nitrogens with zero attached hydrogens (tertiary/aromatic N) is 4. The molecule has 28 heavy (non-hydrogen) atoms. The Morgan fingerprint density at radius 2 is 1.86 bits per heavy atom. The number of anilines is 1. The molecule has 0 aliphatic carbocycles. The maximum absolute atomic E-state index is 12.7. The molecule has 7 nitrogen and oxygen atoms in total. The normalized spacial score (nSPS) is 10.8. The van der Waals surface area contributed by atoms with E-state index in [0.29, 0.717) is 17.6 Å². The van der Waals surface area contributed by atoms with Gasteiger partial charge in [0.25, 0.3) is 5.56 Å². The van der Waals surface area contributed by atoms with Crippen molar-refractivity contribution >= 4 is 50.0 Å². The van der Waals surface area contributed by atoms with Crippen molar-refractivity contribution in [2.45, 2.75) is 6.54 Å². The van der Waals surface area contributed by atoms with E-state index >= 15 is 0 Å². The van der Waals surface area contributed by atoms with Crippen LogP contribution in [0.4, 0.5) is 5.69 Å². The van der Waals surface area contributed by atoms with Crippen LogP contribution in [0.3, 0.4) is 0 Å². The second kappa shape index (κ2) is 7.91. The smallest absolute Gasteiger partial charge is 0.283 e. The highest BCUT2D eigenvalue weighted by atomic mass is 79.9. The Bertz CT molecular complexity index is 1190. The zero-order valence-electron chi connectivity index (χ0n) is 14.5. The molecule has 0 amide bonds. The summed E-state index contributed by atoms with van der Waals surface area (Å²) in [5.41, 5.74) is 4.97. The van der Waals surface area contributed by atoms with Gasteiger partial charge in [-0.2, -0.15) is 5.10 Å². The lowest BCUT2D eigenvalue weighted by Gasteiger charge is -2.12. The van der Waals surface area contributed by atoms with Gasteiger partial charge >= 0.3 is 0 Å². The predicted molar refractivity (Wildman–Crippen MR) is 117 cm³/mol. The first-order valence-corrected chi connectivity index (χ1v) is 9.61. The van der Waals surface area contributed by atoms with Gasteiger partial charge in [-0.15, -0.1) is 0 Å². The van der Waals surface area contributed by atoms with E-state index < -0.39 is 0 Å². The Kier molecular flexibility index (Phi) is 5.18. The van der Waals surface area contributed by atoms with Gasteiger partial charge in [-0.3, -0.25) is 10.2 Å². The summed E-state index contributed by atoms with van der Waals surface area (Å²) >= 11 is 8.67. The number of rotatable bonds is 4. The van der Waals surface area contributed by atoms with Gasteiger partial charge in [0.1, 0.15) is 11.7 Å². The standard InChI is InChI=1S/C19H15BrN6OS/c20-14-6-8-15(9-7-14)23-19(28)24-26-12-21-17-16(18(26)27)10-22-25(17)11-13-4-2-1-3-5-13/h1-10,12H,11H2,(H2,23,24,28). The van der Waals surface area contributed by atoms with Crippen LogP contribution in [0.15, 0.2) is 76.4 Å². The van der Waals surface area contributed by atoms with Crippen LogP contribution in [0.5, 0.6) is 0 Å². The molecule has 0 spiro atoms. The van der Waals surface area contributed by atoms with E-state index in [-0.39, 0.29) is 10.7 Å². The molecule has 0 aliphatic heterocycles. The van der Waals surface area contributed by atoms with Crippen LogP contribution in [0.2, 0.25) is 0 Å². The Hall–Kier alpha value is -3.04. The molecule has 0 atom stereocenters. The molecule has 2 aromatic carbocycles. The van der Waals surface area contributed by atoms with Crippen LogP contribution in [0.1, 0.15) is 5.56 Å². The molecule has 2 N–H and O–H groups in total. The van der Waals surface area contributed by atoms with Crippen molar-refractivity contribution < 1.29 is 0 Å². The van der Waals surface area contributed by atoms with E-state index in [1.54, 1.807) is 4.68 Å². The number of aromatic nitrogens is 4. The van der Waals surface area contributed by atoms with Crippen LogP contribution < -0.4 is 16.3 Å². The van der Waals surface area contributed by atoms with Crippen molar-refractivity contribution in [3.05, 3.63) is 87.5 Å². The largest absolute Gasteiger partial charge is 0.331 e. The van der Waals surface area contributed by atoms with E-state index in [1.807, 2.05) is 54.6 Å². The fraction of sp³-hybridized carbons (Fsp3) is 0.0526. The summed E-state index contributed by atoms with van der Waals surface area (Å²) in [4.78, 5) is 17.1. The Labute approximate surface area is 174 Å². The minimum atomic E-state index is -0.274. The van der Waals surface area contributed by atoms with E-state index in [4.69, 9.17) is 12.2 Å². The van der Waals surface area contributed by atoms with Crippen LogP contribution >= 0.6 is 28.1 Å². The maximum atomic E-state index is 12.7. The molecule has 9 heteroatoms. The molecule has 0 fully saturated rings. The molecule has 0 saturated carbocycles. The minimum Gasteiger partial charge on any atom is -0.331 e. The highest BCUT2D eigenvalue weighted by molar-refractivity contribution is 9.10. The quantitative estimate of drug-likeness (QED) is 0.460. The Morgan fingerprint density at radius 1 is 1.11 bits per heavy atom. The van der Waals surface area contributed by atoms with Crippen molar-refractivity contribution in [3.63, 3.8) is 0 Å². The molecular formula is C19H15BrN6OS.